The van der Waals surface area contributed by atoms with Crippen molar-refractivity contribution in [3.8, 4) is 5.75 Å². The van der Waals surface area contributed by atoms with Crippen molar-refractivity contribution in [3.63, 3.8) is 0 Å². The third kappa shape index (κ3) is 6.59. The van der Waals surface area contributed by atoms with Gasteiger partial charge in [0.1, 0.15) is 5.75 Å². The van der Waals surface area contributed by atoms with Gasteiger partial charge in [-0.2, -0.15) is 0 Å². The van der Waals surface area contributed by atoms with Gasteiger partial charge in [0.2, 0.25) is 5.91 Å². The first-order valence-corrected chi connectivity index (χ1v) is 11.0. The molecule has 0 saturated carbocycles. The van der Waals surface area contributed by atoms with Gasteiger partial charge in [0, 0.05) is 22.5 Å². The number of ketones is 1. The minimum atomic E-state index is -0.101. The standard InChI is InChI=1S/C21H19ClN2O3S2/c1-27-18-8-4-15(5-9-18)19(25)13-29-21-24-17(12-28-21)10-20(26)23-11-14-2-6-16(22)7-3-14/h2-9,12H,10-11,13H2,1H3,(H,23,26). The second kappa shape index (κ2) is 10.4. The summed E-state index contributed by atoms with van der Waals surface area (Å²) in [5.74, 6) is 0.932. The molecule has 1 amide bonds. The zero-order chi connectivity index (χ0) is 20.6. The summed E-state index contributed by atoms with van der Waals surface area (Å²) in [6, 6.07) is 14.4. The number of ether oxygens (including phenoxy) is 1. The first kappa shape index (κ1) is 21.4. The topological polar surface area (TPSA) is 68.3 Å². The van der Waals surface area contributed by atoms with E-state index in [1.807, 2.05) is 17.5 Å². The molecule has 3 rings (SSSR count). The third-order valence-electron chi connectivity index (χ3n) is 4.01. The highest BCUT2D eigenvalue weighted by Gasteiger charge is 2.11. The Morgan fingerprint density at radius 3 is 2.55 bits per heavy atom. The number of hydrogen-bond acceptors (Lipinski definition) is 6. The second-order valence-electron chi connectivity index (χ2n) is 6.13. The number of nitrogens with one attached hydrogen (secondary N) is 1. The van der Waals surface area contributed by atoms with Crippen LogP contribution in [-0.2, 0) is 17.8 Å². The van der Waals surface area contributed by atoms with Crippen molar-refractivity contribution in [2.24, 2.45) is 0 Å². The zero-order valence-corrected chi connectivity index (χ0v) is 18.1. The lowest BCUT2D eigenvalue weighted by Gasteiger charge is -2.04. The first-order chi connectivity index (χ1) is 14.0. The van der Waals surface area contributed by atoms with E-state index in [-0.39, 0.29) is 18.1 Å². The number of carbonyl (C=O) groups is 2. The Balaban J connectivity index is 1.45. The number of rotatable bonds is 9. The predicted molar refractivity (Wildman–Crippen MR) is 117 cm³/mol. The quantitative estimate of drug-likeness (QED) is 0.383. The van der Waals surface area contributed by atoms with Gasteiger partial charge < -0.3 is 10.1 Å². The Hall–Kier alpha value is -2.35. The zero-order valence-electron chi connectivity index (χ0n) is 15.7. The van der Waals surface area contributed by atoms with Crippen LogP contribution in [-0.4, -0.2) is 29.5 Å². The van der Waals surface area contributed by atoms with Crippen LogP contribution in [0.5, 0.6) is 5.75 Å². The Morgan fingerprint density at radius 1 is 1.14 bits per heavy atom. The maximum Gasteiger partial charge on any atom is 0.226 e. The number of nitrogens with zero attached hydrogens (tertiary/aromatic N) is 1. The lowest BCUT2D eigenvalue weighted by molar-refractivity contribution is -0.120. The maximum absolute atomic E-state index is 12.3. The van der Waals surface area contributed by atoms with E-state index < -0.39 is 0 Å². The number of methoxy groups -OCH3 is 1. The molecule has 0 bridgehead atoms. The van der Waals surface area contributed by atoms with Crippen LogP contribution in [0.1, 0.15) is 21.6 Å². The monoisotopic (exact) mass is 446 g/mol. The molecule has 1 aromatic heterocycles. The Labute approximate surface area is 182 Å². The maximum atomic E-state index is 12.3. The highest BCUT2D eigenvalue weighted by atomic mass is 35.5. The van der Waals surface area contributed by atoms with Gasteiger partial charge in [-0.25, -0.2) is 4.98 Å². The molecule has 0 saturated heterocycles. The lowest BCUT2D eigenvalue weighted by Crippen LogP contribution is -2.24. The number of benzene rings is 2. The Kier molecular flexibility index (Phi) is 7.69. The van der Waals surface area contributed by atoms with E-state index in [0.717, 1.165) is 9.90 Å². The normalized spacial score (nSPS) is 10.6. The number of aromatic nitrogens is 1. The van der Waals surface area contributed by atoms with E-state index in [1.54, 1.807) is 43.5 Å². The predicted octanol–water partition coefficient (Wildman–Crippen LogP) is 4.64. The molecule has 0 spiro atoms. The molecule has 29 heavy (non-hydrogen) atoms. The largest absolute Gasteiger partial charge is 0.497 e. The summed E-state index contributed by atoms with van der Waals surface area (Å²) in [6.45, 7) is 0.443. The van der Waals surface area contributed by atoms with Crippen LogP contribution in [0.2, 0.25) is 5.02 Å². The van der Waals surface area contributed by atoms with E-state index >= 15 is 0 Å². The molecule has 3 aromatic rings. The number of amides is 1. The van der Waals surface area contributed by atoms with Crippen molar-refractivity contribution in [3.05, 3.63) is 75.8 Å². The molecule has 0 radical (unpaired) electrons. The first-order valence-electron chi connectivity index (χ1n) is 8.79. The number of hydrogen-bond donors (Lipinski definition) is 1. The van der Waals surface area contributed by atoms with Gasteiger partial charge in [0.05, 0.1) is 25.0 Å². The van der Waals surface area contributed by atoms with Crippen LogP contribution in [0.4, 0.5) is 0 Å². The summed E-state index contributed by atoms with van der Waals surface area (Å²) < 4.78 is 5.87. The van der Waals surface area contributed by atoms with Crippen LogP contribution in [0, 0.1) is 0 Å². The molecule has 5 nitrogen and oxygen atoms in total. The molecular weight excluding hydrogens is 428 g/mol. The molecule has 8 heteroatoms. The van der Waals surface area contributed by atoms with Crippen LogP contribution in [0.15, 0.2) is 58.3 Å². The van der Waals surface area contributed by atoms with E-state index in [1.165, 1.54) is 23.1 Å². The molecular formula is C21H19ClN2O3S2. The fourth-order valence-corrected chi connectivity index (χ4v) is 4.32. The molecule has 0 aliphatic rings. The van der Waals surface area contributed by atoms with Crippen LogP contribution >= 0.6 is 34.7 Å². The second-order valence-corrected chi connectivity index (χ2v) is 8.64. The molecule has 0 aliphatic carbocycles. The minimum absolute atomic E-state index is 0.0233. The number of thiazole rings is 1. The molecule has 1 heterocycles. The van der Waals surface area contributed by atoms with Crippen LogP contribution in [0.3, 0.4) is 0 Å². The summed E-state index contributed by atoms with van der Waals surface area (Å²) in [5.41, 5.74) is 2.31. The number of Topliss-reactive ketones (excluding diaryl/α,β-unsaturated/α-hetero) is 1. The fourth-order valence-electron chi connectivity index (χ4n) is 2.45. The smallest absolute Gasteiger partial charge is 0.226 e. The minimum Gasteiger partial charge on any atom is -0.497 e. The van der Waals surface area contributed by atoms with Gasteiger partial charge >= 0.3 is 0 Å². The van der Waals surface area contributed by atoms with E-state index in [2.05, 4.69) is 10.3 Å². The lowest BCUT2D eigenvalue weighted by atomic mass is 10.1. The van der Waals surface area contributed by atoms with Gasteiger partial charge in [-0.05, 0) is 42.0 Å². The van der Waals surface area contributed by atoms with Crippen molar-refractivity contribution in [1.29, 1.82) is 0 Å². The summed E-state index contributed by atoms with van der Waals surface area (Å²) in [5, 5.41) is 5.38. The summed E-state index contributed by atoms with van der Waals surface area (Å²) in [7, 11) is 1.59. The SMILES string of the molecule is COc1ccc(C(=O)CSc2nc(CC(=O)NCc3ccc(Cl)cc3)cs2)cc1. The highest BCUT2D eigenvalue weighted by Crippen LogP contribution is 2.24. The number of halogens is 1. The summed E-state index contributed by atoms with van der Waals surface area (Å²) in [4.78, 5) is 28.8. The van der Waals surface area contributed by atoms with Gasteiger partial charge in [-0.1, -0.05) is 35.5 Å². The number of thioether (sulfide) groups is 1. The van der Waals surface area contributed by atoms with Crippen molar-refractivity contribution in [2.75, 3.05) is 12.9 Å². The highest BCUT2D eigenvalue weighted by molar-refractivity contribution is 8.01. The van der Waals surface area contributed by atoms with Gasteiger partial charge in [-0.15, -0.1) is 11.3 Å². The van der Waals surface area contributed by atoms with E-state index in [4.69, 9.17) is 16.3 Å². The fraction of sp³-hybridized carbons (Fsp3) is 0.190. The van der Waals surface area contributed by atoms with Crippen LogP contribution in [0.25, 0.3) is 0 Å². The molecule has 1 N–H and O–H groups in total. The van der Waals surface area contributed by atoms with Crippen molar-refractivity contribution in [1.82, 2.24) is 10.3 Å². The number of carbonyl (C=O) groups excluding carboxylic acids is 2. The van der Waals surface area contributed by atoms with Gasteiger partial charge in [0.15, 0.2) is 10.1 Å². The Bertz CT molecular complexity index is 972. The van der Waals surface area contributed by atoms with Crippen molar-refractivity contribution in [2.45, 2.75) is 17.3 Å². The molecule has 0 atom stereocenters. The third-order valence-corrected chi connectivity index (χ3v) is 6.34. The molecule has 150 valence electrons. The average Bonchev–Trinajstić information content (AvgIpc) is 3.19. The van der Waals surface area contributed by atoms with Crippen molar-refractivity contribution < 1.29 is 14.3 Å². The molecule has 0 fully saturated rings. The van der Waals surface area contributed by atoms with E-state index in [9.17, 15) is 9.59 Å². The van der Waals surface area contributed by atoms with E-state index in [0.29, 0.717) is 34.3 Å². The van der Waals surface area contributed by atoms with Gasteiger partial charge in [0.25, 0.3) is 0 Å². The molecule has 2 aromatic carbocycles. The summed E-state index contributed by atoms with van der Waals surface area (Å²) >= 11 is 8.66. The average molecular weight is 447 g/mol. The Morgan fingerprint density at radius 2 is 1.86 bits per heavy atom. The summed E-state index contributed by atoms with van der Waals surface area (Å²) in [6.07, 6.45) is 0.205. The van der Waals surface area contributed by atoms with Gasteiger partial charge in [-0.3, -0.25) is 9.59 Å². The molecule has 0 unspecified atom stereocenters. The van der Waals surface area contributed by atoms with Crippen LogP contribution < -0.4 is 10.1 Å². The van der Waals surface area contributed by atoms with Crippen molar-refractivity contribution >= 4 is 46.4 Å². The molecule has 0 aliphatic heterocycles.